The van der Waals surface area contributed by atoms with Gasteiger partial charge in [0.05, 0.1) is 5.69 Å². The summed E-state index contributed by atoms with van der Waals surface area (Å²) in [4.78, 5) is 24.9. The molecule has 18 heavy (non-hydrogen) atoms. The Balaban J connectivity index is 2.26. The van der Waals surface area contributed by atoms with Gasteiger partial charge < -0.3 is 19.6 Å². The molecule has 0 bridgehead atoms. The van der Waals surface area contributed by atoms with Crippen LogP contribution in [-0.2, 0) is 11.3 Å². The van der Waals surface area contributed by atoms with Crippen LogP contribution in [0.1, 0.15) is 5.56 Å². The molecule has 0 aromatic heterocycles. The first-order valence-electron chi connectivity index (χ1n) is 5.45. The second-order valence-corrected chi connectivity index (χ2v) is 4.18. The van der Waals surface area contributed by atoms with Crippen molar-refractivity contribution < 1.29 is 19.4 Å². The summed E-state index contributed by atoms with van der Waals surface area (Å²) < 4.78 is 5.29. The van der Waals surface area contributed by atoms with Gasteiger partial charge >= 0.3 is 6.09 Å². The first-order chi connectivity index (χ1) is 8.49. The van der Waals surface area contributed by atoms with E-state index in [2.05, 4.69) is 0 Å². The van der Waals surface area contributed by atoms with Gasteiger partial charge in [0.25, 0.3) is 5.91 Å². The van der Waals surface area contributed by atoms with Gasteiger partial charge in [-0.25, -0.2) is 4.79 Å². The average molecular weight is 250 g/mol. The maximum Gasteiger partial charge on any atom is 0.407 e. The van der Waals surface area contributed by atoms with Crippen molar-refractivity contribution in [1.29, 1.82) is 0 Å². The van der Waals surface area contributed by atoms with E-state index in [1.54, 1.807) is 25.2 Å². The van der Waals surface area contributed by atoms with E-state index in [0.717, 1.165) is 5.56 Å². The molecule has 2 rings (SSSR count). The predicted octanol–water partition coefficient (Wildman–Crippen LogP) is 1.15. The molecule has 0 radical (unpaired) electrons. The Bertz CT molecular complexity index is 501. The number of likely N-dealkylation sites (N-methyl/N-ethyl adjacent to an activating group) is 1. The van der Waals surface area contributed by atoms with E-state index in [1.807, 2.05) is 0 Å². The summed E-state index contributed by atoms with van der Waals surface area (Å²) in [6.45, 7) is 0.308. The summed E-state index contributed by atoms with van der Waals surface area (Å²) in [5.74, 6) is 0.519. The van der Waals surface area contributed by atoms with Gasteiger partial charge in [-0.15, -0.1) is 0 Å². The van der Waals surface area contributed by atoms with Crippen LogP contribution in [0.15, 0.2) is 18.2 Å². The predicted molar refractivity (Wildman–Crippen MR) is 64.8 cm³/mol. The van der Waals surface area contributed by atoms with E-state index >= 15 is 0 Å². The Morgan fingerprint density at radius 2 is 2.28 bits per heavy atom. The fourth-order valence-electron chi connectivity index (χ4n) is 1.76. The number of hydrogen-bond donors (Lipinski definition) is 1. The SMILES string of the molecule is CN(Cc1ccc2c(c1)N(C)C(=O)CO2)C(=O)O. The number of carboxylic acid groups (broad SMARTS) is 1. The number of hydrogen-bond acceptors (Lipinski definition) is 3. The van der Waals surface area contributed by atoms with Crippen LogP contribution >= 0.6 is 0 Å². The highest BCUT2D eigenvalue weighted by atomic mass is 16.5. The van der Waals surface area contributed by atoms with Gasteiger partial charge in [0.1, 0.15) is 5.75 Å². The maximum atomic E-state index is 11.5. The summed E-state index contributed by atoms with van der Waals surface area (Å²) in [7, 11) is 3.17. The molecule has 1 aliphatic heterocycles. The van der Waals surface area contributed by atoms with Crippen LogP contribution in [0.3, 0.4) is 0 Å². The first kappa shape index (κ1) is 12.2. The molecular formula is C12H14N2O4. The van der Waals surface area contributed by atoms with Gasteiger partial charge in [-0.3, -0.25) is 4.79 Å². The van der Waals surface area contributed by atoms with Crippen LogP contribution in [0.4, 0.5) is 10.5 Å². The molecule has 2 amide bonds. The molecule has 96 valence electrons. The summed E-state index contributed by atoms with van der Waals surface area (Å²) >= 11 is 0. The van der Waals surface area contributed by atoms with Crippen molar-refractivity contribution in [2.75, 3.05) is 25.6 Å². The van der Waals surface area contributed by atoms with E-state index in [9.17, 15) is 9.59 Å². The van der Waals surface area contributed by atoms with E-state index in [-0.39, 0.29) is 19.1 Å². The fraction of sp³-hybridized carbons (Fsp3) is 0.333. The van der Waals surface area contributed by atoms with Crippen molar-refractivity contribution in [3.05, 3.63) is 23.8 Å². The number of carbonyl (C=O) groups is 2. The molecule has 0 unspecified atom stereocenters. The van der Waals surface area contributed by atoms with Gasteiger partial charge in [-0.05, 0) is 17.7 Å². The van der Waals surface area contributed by atoms with Crippen LogP contribution in [0.2, 0.25) is 0 Å². The number of carbonyl (C=O) groups excluding carboxylic acids is 1. The molecule has 0 fully saturated rings. The number of rotatable bonds is 2. The maximum absolute atomic E-state index is 11.5. The Morgan fingerprint density at radius 1 is 1.56 bits per heavy atom. The smallest absolute Gasteiger partial charge is 0.407 e. The third kappa shape index (κ3) is 2.22. The molecule has 6 nitrogen and oxygen atoms in total. The fourth-order valence-corrected chi connectivity index (χ4v) is 1.76. The molecule has 1 aliphatic rings. The van der Waals surface area contributed by atoms with Crippen molar-refractivity contribution in [3.63, 3.8) is 0 Å². The molecule has 0 saturated heterocycles. The standard InChI is InChI=1S/C12H14N2O4/c1-13(12(16)17)6-8-3-4-10-9(5-8)14(2)11(15)7-18-10/h3-5H,6-7H2,1-2H3,(H,16,17). The quantitative estimate of drug-likeness (QED) is 0.854. The second kappa shape index (κ2) is 4.56. The molecule has 0 aliphatic carbocycles. The van der Waals surface area contributed by atoms with Gasteiger partial charge in [0.15, 0.2) is 6.61 Å². The summed E-state index contributed by atoms with van der Waals surface area (Å²) in [5.41, 5.74) is 1.48. The minimum absolute atomic E-state index is 0.0396. The van der Waals surface area contributed by atoms with Crippen LogP contribution < -0.4 is 9.64 Å². The van der Waals surface area contributed by atoms with Crippen molar-refractivity contribution in [2.45, 2.75) is 6.54 Å². The van der Waals surface area contributed by atoms with Crippen molar-refractivity contribution in [1.82, 2.24) is 4.90 Å². The molecular weight excluding hydrogens is 236 g/mol. The number of fused-ring (bicyclic) bond motifs is 1. The van der Waals surface area contributed by atoms with Gasteiger partial charge in [-0.2, -0.15) is 0 Å². The molecule has 0 saturated carbocycles. The number of amides is 2. The van der Waals surface area contributed by atoms with Crippen LogP contribution in [-0.4, -0.2) is 42.7 Å². The highest BCUT2D eigenvalue weighted by Gasteiger charge is 2.22. The third-order valence-electron chi connectivity index (χ3n) is 2.86. The minimum Gasteiger partial charge on any atom is -0.482 e. The van der Waals surface area contributed by atoms with E-state index in [1.165, 1.54) is 16.8 Å². The summed E-state index contributed by atoms with van der Waals surface area (Å²) in [6.07, 6.45) is -0.992. The molecule has 6 heteroatoms. The number of ether oxygens (including phenoxy) is 1. The van der Waals surface area contributed by atoms with E-state index in [4.69, 9.17) is 9.84 Å². The zero-order valence-electron chi connectivity index (χ0n) is 10.2. The molecule has 0 atom stereocenters. The highest BCUT2D eigenvalue weighted by molar-refractivity contribution is 5.97. The number of anilines is 1. The molecule has 1 N–H and O–H groups in total. The Hall–Kier alpha value is -2.24. The van der Waals surface area contributed by atoms with Crippen LogP contribution in [0, 0.1) is 0 Å². The molecule has 1 heterocycles. The lowest BCUT2D eigenvalue weighted by Gasteiger charge is -2.26. The van der Waals surface area contributed by atoms with Crippen molar-refractivity contribution in [3.8, 4) is 5.75 Å². The monoisotopic (exact) mass is 250 g/mol. The van der Waals surface area contributed by atoms with E-state index < -0.39 is 6.09 Å². The largest absolute Gasteiger partial charge is 0.482 e. The summed E-state index contributed by atoms with van der Waals surface area (Å²) in [5, 5.41) is 8.81. The number of nitrogens with zero attached hydrogens (tertiary/aromatic N) is 2. The first-order valence-corrected chi connectivity index (χ1v) is 5.45. The minimum atomic E-state index is -0.992. The third-order valence-corrected chi connectivity index (χ3v) is 2.86. The number of benzene rings is 1. The topological polar surface area (TPSA) is 70.1 Å². The highest BCUT2D eigenvalue weighted by Crippen LogP contribution is 2.32. The zero-order chi connectivity index (χ0) is 13.3. The van der Waals surface area contributed by atoms with E-state index in [0.29, 0.717) is 11.4 Å². The Labute approximate surface area is 104 Å². The summed E-state index contributed by atoms with van der Waals surface area (Å²) in [6, 6.07) is 5.32. The Morgan fingerprint density at radius 3 is 2.94 bits per heavy atom. The molecule has 1 aromatic carbocycles. The van der Waals surface area contributed by atoms with Gasteiger partial charge in [0, 0.05) is 20.6 Å². The average Bonchev–Trinajstić information content (AvgIpc) is 2.34. The lowest BCUT2D eigenvalue weighted by atomic mass is 10.1. The van der Waals surface area contributed by atoms with Crippen LogP contribution in [0.5, 0.6) is 5.75 Å². The second-order valence-electron chi connectivity index (χ2n) is 4.18. The normalized spacial score (nSPS) is 13.9. The van der Waals surface area contributed by atoms with Crippen molar-refractivity contribution >= 4 is 17.7 Å². The van der Waals surface area contributed by atoms with Gasteiger partial charge in [-0.1, -0.05) is 6.07 Å². The van der Waals surface area contributed by atoms with Crippen molar-refractivity contribution in [2.24, 2.45) is 0 Å². The van der Waals surface area contributed by atoms with Crippen LogP contribution in [0.25, 0.3) is 0 Å². The van der Waals surface area contributed by atoms with Gasteiger partial charge in [0.2, 0.25) is 0 Å². The molecule has 0 spiro atoms. The lowest BCUT2D eigenvalue weighted by Crippen LogP contribution is -2.35. The zero-order valence-corrected chi connectivity index (χ0v) is 10.2. The Kier molecular flexibility index (Phi) is 3.10. The lowest BCUT2D eigenvalue weighted by molar-refractivity contribution is -0.120. The molecule has 1 aromatic rings.